The molecule has 1 saturated heterocycles. The second-order valence-electron chi connectivity index (χ2n) is 21.4. The molecule has 18 nitrogen and oxygen atoms in total. The predicted octanol–water partition coefficient (Wildman–Crippen LogP) is 2.84. The Hall–Kier alpha value is -5.52. The van der Waals surface area contributed by atoms with Gasteiger partial charge in [0.05, 0.1) is 17.7 Å². The van der Waals surface area contributed by atoms with E-state index in [1.54, 1.807) is 6.92 Å². The Balaban J connectivity index is 2.00. The molecule has 0 spiro atoms. The van der Waals surface area contributed by atoms with Crippen LogP contribution in [0.4, 0.5) is 0 Å². The van der Waals surface area contributed by atoms with Crippen molar-refractivity contribution in [2.45, 2.75) is 158 Å². The van der Waals surface area contributed by atoms with Gasteiger partial charge in [-0.3, -0.25) is 48.5 Å². The minimum atomic E-state index is -1.36. The standard InChI is InChI=1S/C49H74N10O8/c1-24(60)21-47(8)28(11-14-34(50)62)32-20-33-45(5,6)29(12-15-35(51)63)40(57-33)26(3)42-46(7,18-17-39(67)55-23-25(2)61)31(19-37(53)65)44(58-42)49(10)48(9,22-38(54)66)30(13-16-36(52)64)41(59-49)27(4)43(47)56-32/h20,25,28-31,44,56,61H,11-19,21-23H2,1-10H3,(H2,50,62)(H2,51,63)(H2,52,64)(H2,53,65)(H2,54,66)(H,55,67). The normalized spacial score (nSPS) is 32.3. The maximum Gasteiger partial charge on any atom is 0.220 e. The van der Waals surface area contributed by atoms with Gasteiger partial charge in [0.25, 0.3) is 0 Å². The quantitative estimate of drug-likeness (QED) is 0.0889. The molecule has 10 unspecified atom stereocenters. The molecule has 13 N–H and O–H groups in total. The lowest BCUT2D eigenvalue weighted by Gasteiger charge is -2.48. The first-order chi connectivity index (χ1) is 30.9. The number of ketones is 1. The number of aliphatic hydroxyl groups is 1. The van der Waals surface area contributed by atoms with E-state index >= 15 is 0 Å². The minimum absolute atomic E-state index is 0.0141. The van der Waals surface area contributed by atoms with Gasteiger partial charge in [0.2, 0.25) is 35.4 Å². The molecule has 6 amide bonds. The van der Waals surface area contributed by atoms with Gasteiger partial charge in [0.1, 0.15) is 5.78 Å². The number of allylic oxidation sites excluding steroid dienone is 6. The monoisotopic (exact) mass is 931 g/mol. The highest BCUT2D eigenvalue weighted by Crippen LogP contribution is 2.62. The van der Waals surface area contributed by atoms with Crippen molar-refractivity contribution in [1.82, 2.24) is 10.6 Å². The summed E-state index contributed by atoms with van der Waals surface area (Å²) in [6.07, 6.45) is 1.72. The van der Waals surface area contributed by atoms with Crippen molar-refractivity contribution in [3.8, 4) is 0 Å². The maximum atomic E-state index is 13.5. The number of amides is 6. The van der Waals surface area contributed by atoms with Gasteiger partial charge in [-0.2, -0.15) is 0 Å². The molecule has 0 aromatic heterocycles. The number of primary amides is 5. The lowest BCUT2D eigenvalue weighted by molar-refractivity contribution is -0.124. The van der Waals surface area contributed by atoms with Crippen molar-refractivity contribution >= 4 is 58.4 Å². The molecule has 5 aliphatic rings. The van der Waals surface area contributed by atoms with Crippen molar-refractivity contribution in [3.63, 3.8) is 0 Å². The van der Waals surface area contributed by atoms with Crippen LogP contribution < -0.4 is 39.3 Å². The van der Waals surface area contributed by atoms with E-state index in [0.717, 1.165) is 0 Å². The van der Waals surface area contributed by atoms with Crippen LogP contribution in [0.5, 0.6) is 0 Å². The molecule has 0 aliphatic carbocycles. The summed E-state index contributed by atoms with van der Waals surface area (Å²) < 4.78 is 0. The van der Waals surface area contributed by atoms with Gasteiger partial charge in [-0.15, -0.1) is 0 Å². The van der Waals surface area contributed by atoms with Gasteiger partial charge in [0, 0.05) is 131 Å². The fourth-order valence-electron chi connectivity index (χ4n) is 12.4. The Morgan fingerprint density at radius 2 is 1.33 bits per heavy atom. The molecule has 67 heavy (non-hydrogen) atoms. The smallest absolute Gasteiger partial charge is 0.220 e. The summed E-state index contributed by atoms with van der Waals surface area (Å²) >= 11 is 0. The average molecular weight is 931 g/mol. The van der Waals surface area contributed by atoms with Gasteiger partial charge in [-0.05, 0) is 77.5 Å². The first kappa shape index (κ1) is 52.4. The van der Waals surface area contributed by atoms with Crippen LogP contribution in [0.15, 0.2) is 49.3 Å². The van der Waals surface area contributed by atoms with Crippen molar-refractivity contribution in [3.05, 3.63) is 34.3 Å². The second-order valence-corrected chi connectivity index (χ2v) is 21.4. The molecule has 0 aromatic rings. The van der Waals surface area contributed by atoms with Crippen molar-refractivity contribution in [2.75, 3.05) is 6.54 Å². The summed E-state index contributed by atoms with van der Waals surface area (Å²) in [4.78, 5) is 108. The first-order valence-corrected chi connectivity index (χ1v) is 23.5. The zero-order valence-corrected chi connectivity index (χ0v) is 41.1. The molecule has 0 saturated carbocycles. The highest BCUT2D eigenvalue weighted by atomic mass is 16.3. The first-order valence-electron chi connectivity index (χ1n) is 23.5. The topological polar surface area (TPSA) is 331 Å². The number of aliphatic imine (C=N–C) groups is 3. The van der Waals surface area contributed by atoms with Crippen molar-refractivity contribution in [1.29, 1.82) is 0 Å². The fourth-order valence-corrected chi connectivity index (χ4v) is 12.4. The van der Waals surface area contributed by atoms with Gasteiger partial charge >= 0.3 is 0 Å². The van der Waals surface area contributed by atoms with Crippen LogP contribution in [0.2, 0.25) is 0 Å². The number of carbonyl (C=O) groups is 7. The summed E-state index contributed by atoms with van der Waals surface area (Å²) in [5.74, 6) is -5.51. The third-order valence-corrected chi connectivity index (χ3v) is 16.2. The fraction of sp³-hybridized carbons (Fsp3) is 0.673. The van der Waals surface area contributed by atoms with Gasteiger partial charge in [-0.1, -0.05) is 34.6 Å². The number of aliphatic hydroxyl groups excluding tert-OH is 1. The van der Waals surface area contributed by atoms with Crippen LogP contribution in [-0.4, -0.2) is 87.7 Å². The number of rotatable bonds is 20. The number of fused-ring (bicyclic) bond motifs is 6. The number of carbonyl (C=O) groups excluding carboxylic acids is 7. The van der Waals surface area contributed by atoms with Crippen LogP contribution in [0, 0.1) is 45.3 Å². The van der Waals surface area contributed by atoms with Crippen LogP contribution in [0.25, 0.3) is 0 Å². The number of hydrogen-bond acceptors (Lipinski definition) is 12. The zero-order chi connectivity index (χ0) is 50.4. The molecule has 1 fully saturated rings. The number of nitrogens with zero attached hydrogens (tertiary/aromatic N) is 3. The van der Waals surface area contributed by atoms with E-state index in [1.165, 1.54) is 6.92 Å². The Morgan fingerprint density at radius 1 is 0.761 bits per heavy atom. The molecule has 10 atom stereocenters. The predicted molar refractivity (Wildman–Crippen MR) is 255 cm³/mol. The lowest BCUT2D eigenvalue weighted by Crippen LogP contribution is -2.56. The van der Waals surface area contributed by atoms with Crippen molar-refractivity contribution < 1.29 is 38.7 Å². The molecule has 5 aliphatic heterocycles. The molecule has 0 aromatic carbocycles. The lowest BCUT2D eigenvalue weighted by atomic mass is 9.55. The van der Waals surface area contributed by atoms with E-state index in [4.69, 9.17) is 43.6 Å². The van der Waals surface area contributed by atoms with Gasteiger partial charge in [0.15, 0.2) is 0 Å². The van der Waals surface area contributed by atoms with E-state index in [0.29, 0.717) is 51.8 Å². The highest BCUT2D eigenvalue weighted by molar-refractivity contribution is 6.10. The third-order valence-electron chi connectivity index (χ3n) is 16.2. The van der Waals surface area contributed by atoms with E-state index < -0.39 is 92.6 Å². The molecule has 0 radical (unpaired) electrons. The molecule has 5 heterocycles. The van der Waals surface area contributed by atoms with Gasteiger partial charge in [-0.25, -0.2) is 0 Å². The number of nitrogens with two attached hydrogens (primary N) is 5. The Morgan fingerprint density at radius 3 is 1.85 bits per heavy atom. The number of nitrogens with one attached hydrogen (secondary N) is 2. The molecule has 5 rings (SSSR count). The largest absolute Gasteiger partial charge is 0.392 e. The minimum Gasteiger partial charge on any atom is -0.392 e. The Kier molecular flexibility index (Phi) is 15.1. The van der Waals surface area contributed by atoms with Crippen LogP contribution >= 0.6 is 0 Å². The third kappa shape index (κ3) is 9.91. The summed E-state index contributed by atoms with van der Waals surface area (Å²) in [5.41, 5.74) is 29.5. The highest BCUT2D eigenvalue weighted by Gasteiger charge is 2.66. The van der Waals surface area contributed by atoms with Crippen molar-refractivity contribution in [2.24, 2.45) is 89.0 Å². The Labute approximate surface area is 394 Å². The second kappa shape index (κ2) is 19.2. The van der Waals surface area contributed by atoms with Crippen LogP contribution in [0.3, 0.4) is 0 Å². The molecule has 368 valence electrons. The zero-order valence-electron chi connectivity index (χ0n) is 41.1. The SMILES string of the molecule is CC(=O)CC1(C)C2=C(C)C3=NC(C)(C4N=C(C(C)=C5N=C(C=C(N2)C1CCC(N)=O)C(C)(C)C5CCC(N)=O)C(C)(CCC(=O)NCC(C)O)C4CC(N)=O)C(C)(CC(N)=O)C3CCC(N)=O. The molecule has 18 heteroatoms. The van der Waals surface area contributed by atoms with E-state index in [9.17, 15) is 38.7 Å². The molecular formula is C49H74N10O8. The molecule has 8 bridgehead atoms. The summed E-state index contributed by atoms with van der Waals surface area (Å²) in [5, 5.41) is 16.5. The van der Waals surface area contributed by atoms with Gasteiger partial charge < -0.3 is 44.4 Å². The maximum absolute atomic E-state index is 13.5. The summed E-state index contributed by atoms with van der Waals surface area (Å²) in [6.45, 7) is 18.7. The van der Waals surface area contributed by atoms with Crippen LogP contribution in [-0.2, 0) is 33.6 Å². The Bertz CT molecular complexity index is 2310. The van der Waals surface area contributed by atoms with Crippen LogP contribution in [0.1, 0.15) is 140 Å². The summed E-state index contributed by atoms with van der Waals surface area (Å²) in [6, 6.07) is -0.893. The summed E-state index contributed by atoms with van der Waals surface area (Å²) in [7, 11) is 0. The molecular weight excluding hydrogens is 857 g/mol. The number of Topliss-reactive ketones (excluding diaryl/α,β-unsaturated/α-hetero) is 1. The number of hydrogen-bond donors (Lipinski definition) is 8. The van der Waals surface area contributed by atoms with E-state index in [-0.39, 0.29) is 82.4 Å². The van der Waals surface area contributed by atoms with E-state index in [2.05, 4.69) is 10.6 Å². The van der Waals surface area contributed by atoms with E-state index in [1.807, 2.05) is 61.5 Å². The average Bonchev–Trinajstić information content (AvgIpc) is 3.80.